The summed E-state index contributed by atoms with van der Waals surface area (Å²) in [6.45, 7) is 2.41. The Balaban J connectivity index is 1.75. The van der Waals surface area contributed by atoms with E-state index in [4.69, 9.17) is 14.2 Å². The highest BCUT2D eigenvalue weighted by molar-refractivity contribution is 5.31. The van der Waals surface area contributed by atoms with E-state index in [-0.39, 0.29) is 0 Å². The third-order valence-corrected chi connectivity index (χ3v) is 3.66. The van der Waals surface area contributed by atoms with Crippen molar-refractivity contribution in [2.24, 2.45) is 5.92 Å². The Morgan fingerprint density at radius 1 is 1.26 bits per heavy atom. The third-order valence-electron chi connectivity index (χ3n) is 3.66. The molecular weight excluding hydrogens is 242 g/mol. The van der Waals surface area contributed by atoms with Gasteiger partial charge in [-0.3, -0.25) is 0 Å². The lowest BCUT2D eigenvalue weighted by molar-refractivity contribution is 0.0256. The largest absolute Gasteiger partial charge is 0.497 e. The molecule has 1 aromatic carbocycles. The molecule has 1 aliphatic rings. The van der Waals surface area contributed by atoms with Gasteiger partial charge < -0.3 is 19.5 Å². The average Bonchev–Trinajstić information content (AvgIpc) is 2.48. The van der Waals surface area contributed by atoms with Crippen LogP contribution in [0.4, 0.5) is 0 Å². The van der Waals surface area contributed by atoms with Crippen molar-refractivity contribution >= 4 is 0 Å². The lowest BCUT2D eigenvalue weighted by Gasteiger charge is -2.31. The van der Waals surface area contributed by atoms with E-state index in [1.807, 2.05) is 31.3 Å². The van der Waals surface area contributed by atoms with Crippen LogP contribution in [0.25, 0.3) is 0 Å². The normalized spacial score (nSPS) is 23.1. The third kappa shape index (κ3) is 4.11. The van der Waals surface area contributed by atoms with Gasteiger partial charge in [0.1, 0.15) is 11.5 Å². The van der Waals surface area contributed by atoms with Crippen molar-refractivity contribution in [3.63, 3.8) is 0 Å². The van der Waals surface area contributed by atoms with Gasteiger partial charge in [0.2, 0.25) is 0 Å². The second kappa shape index (κ2) is 7.36. The van der Waals surface area contributed by atoms with Gasteiger partial charge in [0.15, 0.2) is 0 Å². The first kappa shape index (κ1) is 14.2. The van der Waals surface area contributed by atoms with E-state index in [9.17, 15) is 0 Å². The molecule has 0 bridgehead atoms. The molecule has 0 spiro atoms. The molecule has 106 valence electrons. The van der Waals surface area contributed by atoms with Gasteiger partial charge in [-0.1, -0.05) is 0 Å². The maximum absolute atomic E-state index is 5.76. The molecule has 2 unspecified atom stereocenters. The molecule has 1 heterocycles. The molecule has 0 amide bonds. The molecule has 1 fully saturated rings. The van der Waals surface area contributed by atoms with Gasteiger partial charge in [0, 0.05) is 18.6 Å². The summed E-state index contributed by atoms with van der Waals surface area (Å²) in [5.41, 5.74) is 0. The Hall–Kier alpha value is -1.26. The number of nitrogens with one attached hydrogen (secondary N) is 1. The number of hydrogen-bond donors (Lipinski definition) is 1. The van der Waals surface area contributed by atoms with E-state index >= 15 is 0 Å². The van der Waals surface area contributed by atoms with Crippen LogP contribution in [-0.4, -0.2) is 40.0 Å². The Bertz CT molecular complexity index is 366. The van der Waals surface area contributed by atoms with Gasteiger partial charge in [-0.2, -0.15) is 0 Å². The van der Waals surface area contributed by atoms with Crippen LogP contribution in [0.2, 0.25) is 0 Å². The van der Waals surface area contributed by atoms with E-state index in [0.717, 1.165) is 44.2 Å². The Morgan fingerprint density at radius 3 is 2.68 bits per heavy atom. The Labute approximate surface area is 115 Å². The standard InChI is InChI=1S/C15H23NO3/c1-16-15-8-9-18-11-12(15)7-10-19-14-5-3-13(17-2)4-6-14/h3-6,12,15-16H,7-11H2,1-2H3. The molecule has 1 N–H and O–H groups in total. The number of ether oxygens (including phenoxy) is 3. The van der Waals surface area contributed by atoms with Crippen LogP contribution >= 0.6 is 0 Å². The molecule has 2 atom stereocenters. The van der Waals surface area contributed by atoms with E-state index in [1.54, 1.807) is 7.11 Å². The topological polar surface area (TPSA) is 39.7 Å². The van der Waals surface area contributed by atoms with Gasteiger partial charge in [-0.15, -0.1) is 0 Å². The lowest BCUT2D eigenvalue weighted by atomic mass is 9.93. The van der Waals surface area contributed by atoms with Gasteiger partial charge in [0.05, 0.1) is 20.3 Å². The first-order chi connectivity index (χ1) is 9.33. The van der Waals surface area contributed by atoms with E-state index in [0.29, 0.717) is 12.0 Å². The first-order valence-corrected chi connectivity index (χ1v) is 6.85. The average molecular weight is 265 g/mol. The van der Waals surface area contributed by atoms with Crippen molar-refractivity contribution in [3.05, 3.63) is 24.3 Å². The van der Waals surface area contributed by atoms with Crippen LogP contribution in [0.15, 0.2) is 24.3 Å². The zero-order valence-corrected chi connectivity index (χ0v) is 11.7. The fourth-order valence-electron chi connectivity index (χ4n) is 2.46. The molecule has 2 rings (SSSR count). The molecule has 1 aromatic rings. The van der Waals surface area contributed by atoms with Crippen molar-refractivity contribution in [1.29, 1.82) is 0 Å². The van der Waals surface area contributed by atoms with Gasteiger partial charge in [-0.05, 0) is 44.2 Å². The van der Waals surface area contributed by atoms with Crippen LogP contribution < -0.4 is 14.8 Å². The highest BCUT2D eigenvalue weighted by atomic mass is 16.5. The molecular formula is C15H23NO3. The monoisotopic (exact) mass is 265 g/mol. The van der Waals surface area contributed by atoms with Crippen molar-refractivity contribution < 1.29 is 14.2 Å². The zero-order valence-electron chi connectivity index (χ0n) is 11.7. The number of rotatable bonds is 6. The SMILES string of the molecule is CNC1CCOCC1CCOc1ccc(OC)cc1. The van der Waals surface area contributed by atoms with Crippen molar-refractivity contribution in [3.8, 4) is 11.5 Å². The maximum atomic E-state index is 5.76. The molecule has 0 aromatic heterocycles. The predicted molar refractivity (Wildman–Crippen MR) is 74.9 cm³/mol. The van der Waals surface area contributed by atoms with Crippen molar-refractivity contribution in [1.82, 2.24) is 5.32 Å². The Morgan fingerprint density at radius 2 is 2.00 bits per heavy atom. The van der Waals surface area contributed by atoms with Crippen LogP contribution in [0, 0.1) is 5.92 Å². The molecule has 1 saturated heterocycles. The second-order valence-corrected chi connectivity index (χ2v) is 4.83. The van der Waals surface area contributed by atoms with Crippen LogP contribution in [0.1, 0.15) is 12.8 Å². The van der Waals surface area contributed by atoms with Crippen LogP contribution in [0.3, 0.4) is 0 Å². The van der Waals surface area contributed by atoms with E-state index in [2.05, 4.69) is 5.32 Å². The summed E-state index contributed by atoms with van der Waals surface area (Å²) >= 11 is 0. The molecule has 19 heavy (non-hydrogen) atoms. The molecule has 4 nitrogen and oxygen atoms in total. The molecule has 0 saturated carbocycles. The smallest absolute Gasteiger partial charge is 0.119 e. The second-order valence-electron chi connectivity index (χ2n) is 4.83. The quantitative estimate of drug-likeness (QED) is 0.855. The summed E-state index contributed by atoms with van der Waals surface area (Å²) in [6.07, 6.45) is 2.10. The highest BCUT2D eigenvalue weighted by Crippen LogP contribution is 2.20. The summed E-state index contributed by atoms with van der Waals surface area (Å²) in [5, 5.41) is 3.37. The van der Waals surface area contributed by atoms with Crippen LogP contribution in [-0.2, 0) is 4.74 Å². The number of hydrogen-bond acceptors (Lipinski definition) is 4. The minimum atomic E-state index is 0.539. The van der Waals surface area contributed by atoms with Crippen LogP contribution in [0.5, 0.6) is 11.5 Å². The first-order valence-electron chi connectivity index (χ1n) is 6.85. The maximum Gasteiger partial charge on any atom is 0.119 e. The van der Waals surface area contributed by atoms with Gasteiger partial charge in [0.25, 0.3) is 0 Å². The lowest BCUT2D eigenvalue weighted by Crippen LogP contribution is -2.41. The highest BCUT2D eigenvalue weighted by Gasteiger charge is 2.23. The predicted octanol–water partition coefficient (Wildman–Crippen LogP) is 2.09. The van der Waals surface area contributed by atoms with Gasteiger partial charge >= 0.3 is 0 Å². The molecule has 1 aliphatic heterocycles. The van der Waals surface area contributed by atoms with E-state index in [1.165, 1.54) is 0 Å². The molecule has 0 aliphatic carbocycles. The summed E-state index contributed by atoms with van der Waals surface area (Å²) < 4.78 is 16.4. The number of methoxy groups -OCH3 is 1. The fraction of sp³-hybridized carbons (Fsp3) is 0.600. The minimum Gasteiger partial charge on any atom is -0.497 e. The minimum absolute atomic E-state index is 0.539. The summed E-state index contributed by atoms with van der Waals surface area (Å²) in [7, 11) is 3.68. The zero-order chi connectivity index (χ0) is 13.5. The van der Waals surface area contributed by atoms with E-state index < -0.39 is 0 Å². The summed E-state index contributed by atoms with van der Waals surface area (Å²) in [4.78, 5) is 0. The number of benzene rings is 1. The Kier molecular flexibility index (Phi) is 5.48. The van der Waals surface area contributed by atoms with Crippen molar-refractivity contribution in [2.75, 3.05) is 34.0 Å². The fourth-order valence-corrected chi connectivity index (χ4v) is 2.46. The molecule has 0 radical (unpaired) electrons. The molecule has 4 heteroatoms. The summed E-state index contributed by atoms with van der Waals surface area (Å²) in [5.74, 6) is 2.28. The van der Waals surface area contributed by atoms with Gasteiger partial charge in [-0.25, -0.2) is 0 Å². The van der Waals surface area contributed by atoms with Crippen molar-refractivity contribution in [2.45, 2.75) is 18.9 Å². The summed E-state index contributed by atoms with van der Waals surface area (Å²) in [6, 6.07) is 8.25.